The van der Waals surface area contributed by atoms with Gasteiger partial charge in [-0.25, -0.2) is 4.98 Å². The fraction of sp³-hybridized carbons (Fsp3) is 0.538. The lowest BCUT2D eigenvalue weighted by Crippen LogP contribution is -2.24. The summed E-state index contributed by atoms with van der Waals surface area (Å²) >= 11 is 7.74. The highest BCUT2D eigenvalue weighted by Gasteiger charge is 2.14. The fourth-order valence-electron chi connectivity index (χ4n) is 2.03. The van der Waals surface area contributed by atoms with Gasteiger partial charge in [0.1, 0.15) is 10.6 Å². The third-order valence-electron chi connectivity index (χ3n) is 2.92. The van der Waals surface area contributed by atoms with E-state index < -0.39 is 0 Å². The van der Waals surface area contributed by atoms with E-state index in [1.54, 1.807) is 11.3 Å². The molecule has 0 radical (unpaired) electrons. The molecule has 0 spiro atoms. The monoisotopic (exact) mass is 283 g/mol. The highest BCUT2D eigenvalue weighted by atomic mass is 35.5. The molecule has 2 heterocycles. The van der Waals surface area contributed by atoms with Crippen LogP contribution < -0.4 is 4.90 Å². The van der Waals surface area contributed by atoms with Crippen molar-refractivity contribution in [3.8, 4) is 0 Å². The van der Waals surface area contributed by atoms with Gasteiger partial charge in [0, 0.05) is 18.0 Å². The normalized spacial score (nSPS) is 11.1. The Kier molecular flexibility index (Phi) is 4.40. The highest BCUT2D eigenvalue weighted by molar-refractivity contribution is 7.18. The van der Waals surface area contributed by atoms with Crippen LogP contribution in [-0.2, 0) is 6.42 Å². The number of aryl methyl sites for hydroxylation is 1. The summed E-state index contributed by atoms with van der Waals surface area (Å²) in [4.78, 5) is 13.3. The van der Waals surface area contributed by atoms with E-state index in [0.29, 0.717) is 5.28 Å². The average Bonchev–Trinajstić information content (AvgIpc) is 2.77. The summed E-state index contributed by atoms with van der Waals surface area (Å²) in [5, 5.41) is 1.48. The molecule has 0 saturated heterocycles. The second kappa shape index (κ2) is 5.85. The summed E-state index contributed by atoms with van der Waals surface area (Å²) in [6, 6.07) is 2.20. The molecule has 2 aromatic rings. The number of rotatable bonds is 5. The van der Waals surface area contributed by atoms with Crippen molar-refractivity contribution in [3.05, 3.63) is 16.2 Å². The number of anilines is 1. The molecule has 0 N–H and O–H groups in total. The van der Waals surface area contributed by atoms with E-state index in [1.165, 1.54) is 4.88 Å². The molecule has 3 nitrogen and oxygen atoms in total. The van der Waals surface area contributed by atoms with Gasteiger partial charge in [-0.15, -0.1) is 11.3 Å². The van der Waals surface area contributed by atoms with Gasteiger partial charge in [-0.1, -0.05) is 13.8 Å². The lowest BCUT2D eigenvalue weighted by Gasteiger charge is -2.21. The predicted molar refractivity (Wildman–Crippen MR) is 80.0 cm³/mol. The minimum absolute atomic E-state index is 0.344. The molecule has 0 bridgehead atoms. The van der Waals surface area contributed by atoms with E-state index >= 15 is 0 Å². The van der Waals surface area contributed by atoms with Crippen LogP contribution >= 0.6 is 22.9 Å². The first-order chi connectivity index (χ1) is 8.69. The standard InChI is InChI=1S/C13H18ClN3S/c1-4-7-17(6-3)11-10-8-9(5-2)18-12(10)16-13(14)15-11/h8H,4-7H2,1-3H3. The molecular weight excluding hydrogens is 266 g/mol. The molecule has 0 aromatic carbocycles. The Morgan fingerprint density at radius 1 is 1.28 bits per heavy atom. The zero-order valence-corrected chi connectivity index (χ0v) is 12.6. The Morgan fingerprint density at radius 2 is 2.06 bits per heavy atom. The van der Waals surface area contributed by atoms with Gasteiger partial charge < -0.3 is 4.90 Å². The molecule has 0 fully saturated rings. The molecule has 2 aromatic heterocycles. The van der Waals surface area contributed by atoms with Crippen molar-refractivity contribution in [2.75, 3.05) is 18.0 Å². The first-order valence-electron chi connectivity index (χ1n) is 6.40. The molecule has 5 heteroatoms. The number of halogens is 1. The van der Waals surface area contributed by atoms with Crippen LogP contribution in [-0.4, -0.2) is 23.1 Å². The van der Waals surface area contributed by atoms with Crippen LogP contribution in [0.15, 0.2) is 6.07 Å². The van der Waals surface area contributed by atoms with Crippen molar-refractivity contribution in [2.24, 2.45) is 0 Å². The molecule has 0 saturated carbocycles. The van der Waals surface area contributed by atoms with Gasteiger partial charge in [0.25, 0.3) is 0 Å². The summed E-state index contributed by atoms with van der Waals surface area (Å²) in [7, 11) is 0. The number of aromatic nitrogens is 2. The van der Waals surface area contributed by atoms with Crippen LogP contribution in [0, 0.1) is 0 Å². The number of hydrogen-bond acceptors (Lipinski definition) is 4. The maximum atomic E-state index is 6.04. The smallest absolute Gasteiger partial charge is 0.225 e. The Labute approximate surface area is 117 Å². The Morgan fingerprint density at radius 3 is 2.67 bits per heavy atom. The summed E-state index contributed by atoms with van der Waals surface area (Å²) in [5.41, 5.74) is 0. The summed E-state index contributed by atoms with van der Waals surface area (Å²) in [6.45, 7) is 8.41. The third kappa shape index (κ3) is 2.59. The van der Waals surface area contributed by atoms with Gasteiger partial charge in [-0.05, 0) is 37.4 Å². The summed E-state index contributed by atoms with van der Waals surface area (Å²) in [6.07, 6.45) is 2.12. The highest BCUT2D eigenvalue weighted by Crippen LogP contribution is 2.32. The van der Waals surface area contributed by atoms with Gasteiger partial charge in [0.15, 0.2) is 0 Å². The fourth-order valence-corrected chi connectivity index (χ4v) is 3.21. The number of hydrogen-bond donors (Lipinski definition) is 0. The molecular formula is C13H18ClN3S. The second-order valence-electron chi connectivity index (χ2n) is 4.18. The second-order valence-corrected chi connectivity index (χ2v) is 5.63. The quantitative estimate of drug-likeness (QED) is 0.772. The Bertz CT molecular complexity index is 538. The molecule has 0 atom stereocenters. The van der Waals surface area contributed by atoms with Gasteiger partial charge in [-0.2, -0.15) is 4.98 Å². The number of thiophene rings is 1. The van der Waals surface area contributed by atoms with E-state index in [9.17, 15) is 0 Å². The lowest BCUT2D eigenvalue weighted by molar-refractivity contribution is 0.781. The van der Waals surface area contributed by atoms with E-state index in [-0.39, 0.29) is 0 Å². The number of fused-ring (bicyclic) bond motifs is 1. The molecule has 0 aliphatic rings. The summed E-state index contributed by atoms with van der Waals surface area (Å²) < 4.78 is 0. The van der Waals surface area contributed by atoms with Crippen LogP contribution in [0.4, 0.5) is 5.82 Å². The van der Waals surface area contributed by atoms with E-state index in [2.05, 4.69) is 41.7 Å². The Hall–Kier alpha value is -0.870. The van der Waals surface area contributed by atoms with Crippen LogP contribution in [0.3, 0.4) is 0 Å². The first-order valence-corrected chi connectivity index (χ1v) is 7.59. The van der Waals surface area contributed by atoms with Crippen LogP contribution in [0.25, 0.3) is 10.2 Å². The van der Waals surface area contributed by atoms with E-state index in [1.807, 2.05) is 0 Å². The molecule has 98 valence electrons. The largest absolute Gasteiger partial charge is 0.356 e. The Balaban J connectivity index is 2.56. The van der Waals surface area contributed by atoms with Crippen molar-refractivity contribution in [2.45, 2.75) is 33.6 Å². The third-order valence-corrected chi connectivity index (χ3v) is 4.26. The molecule has 0 unspecified atom stereocenters. The van der Waals surface area contributed by atoms with Gasteiger partial charge in [0.2, 0.25) is 5.28 Å². The van der Waals surface area contributed by atoms with E-state index in [0.717, 1.165) is 42.0 Å². The maximum absolute atomic E-state index is 6.04. The van der Waals surface area contributed by atoms with Crippen molar-refractivity contribution in [3.63, 3.8) is 0 Å². The first kappa shape index (κ1) is 13.6. The maximum Gasteiger partial charge on any atom is 0.225 e. The molecule has 2 rings (SSSR count). The van der Waals surface area contributed by atoms with Gasteiger partial charge in [0.05, 0.1) is 5.39 Å². The van der Waals surface area contributed by atoms with Crippen LogP contribution in [0.5, 0.6) is 0 Å². The zero-order valence-electron chi connectivity index (χ0n) is 11.0. The lowest BCUT2D eigenvalue weighted by atomic mass is 10.3. The van der Waals surface area contributed by atoms with Crippen molar-refractivity contribution in [1.29, 1.82) is 0 Å². The molecule has 0 aliphatic heterocycles. The zero-order chi connectivity index (χ0) is 13.1. The molecule has 18 heavy (non-hydrogen) atoms. The topological polar surface area (TPSA) is 29.0 Å². The van der Waals surface area contributed by atoms with Crippen molar-refractivity contribution in [1.82, 2.24) is 9.97 Å². The van der Waals surface area contributed by atoms with Crippen molar-refractivity contribution < 1.29 is 0 Å². The minimum Gasteiger partial charge on any atom is -0.356 e. The van der Waals surface area contributed by atoms with Gasteiger partial charge in [-0.3, -0.25) is 0 Å². The SMILES string of the molecule is CCCN(CC)c1nc(Cl)nc2sc(CC)cc12. The molecule has 0 aliphatic carbocycles. The van der Waals surface area contributed by atoms with E-state index in [4.69, 9.17) is 11.6 Å². The predicted octanol–water partition coefficient (Wildman–Crippen LogP) is 4.14. The van der Waals surface area contributed by atoms with Crippen LogP contribution in [0.1, 0.15) is 32.1 Å². The average molecular weight is 284 g/mol. The van der Waals surface area contributed by atoms with Crippen molar-refractivity contribution >= 4 is 39.0 Å². The van der Waals surface area contributed by atoms with Crippen LogP contribution in [0.2, 0.25) is 5.28 Å². The molecule has 0 amide bonds. The minimum atomic E-state index is 0.344. The summed E-state index contributed by atoms with van der Waals surface area (Å²) in [5.74, 6) is 0.977. The number of nitrogens with zero attached hydrogens (tertiary/aromatic N) is 3. The van der Waals surface area contributed by atoms with Gasteiger partial charge >= 0.3 is 0 Å².